The zero-order valence-corrected chi connectivity index (χ0v) is 7.62. The normalized spacial score (nSPS) is 8.08. The molecule has 0 aromatic heterocycles. The lowest BCUT2D eigenvalue weighted by Crippen LogP contribution is -1.93. The van der Waals surface area contributed by atoms with Gasteiger partial charge in [-0.2, -0.15) is 0 Å². The molecule has 1 aromatic carbocycles. The Bertz CT molecular complexity index is 181. The van der Waals surface area contributed by atoms with Gasteiger partial charge in [0.1, 0.15) is 5.75 Å². The van der Waals surface area contributed by atoms with Crippen LogP contribution >= 0.6 is 0 Å². The lowest BCUT2D eigenvalue weighted by atomic mass is 10.3. The Morgan fingerprint density at radius 2 is 1.75 bits per heavy atom. The van der Waals surface area contributed by atoms with Gasteiger partial charge in [0, 0.05) is 0 Å². The maximum absolute atomic E-state index is 5.36. The van der Waals surface area contributed by atoms with E-state index in [4.69, 9.17) is 4.74 Å². The Balaban J connectivity index is 0.000000561. The molecule has 0 radical (unpaired) electrons. The zero-order valence-electron chi connectivity index (χ0n) is 7.62. The number of benzene rings is 1. The van der Waals surface area contributed by atoms with Gasteiger partial charge in [0.25, 0.3) is 0 Å². The minimum Gasteiger partial charge on any atom is -0.494 e. The van der Waals surface area contributed by atoms with Gasteiger partial charge < -0.3 is 4.74 Å². The van der Waals surface area contributed by atoms with E-state index in [1.807, 2.05) is 30.3 Å². The molecule has 0 bridgehead atoms. The highest BCUT2D eigenvalue weighted by Crippen LogP contribution is 2.07. The summed E-state index contributed by atoms with van der Waals surface area (Å²) in [6.45, 7) is 8.91. The fourth-order valence-corrected chi connectivity index (χ4v) is 0.737. The van der Waals surface area contributed by atoms with Crippen LogP contribution in [0.15, 0.2) is 43.5 Å². The van der Waals surface area contributed by atoms with Crippen LogP contribution in [-0.2, 0) is 0 Å². The molecule has 0 unspecified atom stereocenters. The van der Waals surface area contributed by atoms with Gasteiger partial charge in [0.05, 0.1) is 6.61 Å². The average Bonchev–Trinajstić information content (AvgIpc) is 2.19. The number of para-hydroxylation sites is 1. The Morgan fingerprint density at radius 1 is 1.17 bits per heavy atom. The number of rotatable bonds is 3. The molecule has 0 amide bonds. The van der Waals surface area contributed by atoms with Gasteiger partial charge in [0.2, 0.25) is 0 Å². The van der Waals surface area contributed by atoms with Crippen LogP contribution in [0.3, 0.4) is 0 Å². The molecule has 1 aromatic rings. The average molecular weight is 164 g/mol. The lowest BCUT2D eigenvalue weighted by molar-refractivity contribution is 0.317. The number of ether oxygens (including phenoxy) is 1. The third-order valence-electron chi connectivity index (χ3n) is 1.22. The summed E-state index contributed by atoms with van der Waals surface area (Å²) in [6, 6.07) is 9.88. The van der Waals surface area contributed by atoms with E-state index in [1.165, 1.54) is 0 Å². The van der Waals surface area contributed by atoms with Crippen LogP contribution in [0, 0.1) is 0 Å². The zero-order chi connectivity index (χ0) is 9.23. The van der Waals surface area contributed by atoms with Crippen molar-refractivity contribution in [3.63, 3.8) is 0 Å². The minimum absolute atomic E-state index is 0.810. The Labute approximate surface area is 74.7 Å². The highest BCUT2D eigenvalue weighted by molar-refractivity contribution is 5.20. The van der Waals surface area contributed by atoms with Gasteiger partial charge in [-0.15, -0.1) is 13.2 Å². The first-order valence-corrected chi connectivity index (χ1v) is 4.11. The van der Waals surface area contributed by atoms with Crippen LogP contribution in [0.1, 0.15) is 13.3 Å². The summed E-state index contributed by atoms with van der Waals surface area (Å²) in [5, 5.41) is 0. The SMILES string of the molecule is C=C.CCCOc1ccccc1. The molecule has 0 aliphatic carbocycles. The predicted octanol–water partition coefficient (Wildman–Crippen LogP) is 3.28. The first-order valence-electron chi connectivity index (χ1n) is 4.11. The summed E-state index contributed by atoms with van der Waals surface area (Å²) >= 11 is 0. The van der Waals surface area contributed by atoms with Crippen molar-refractivity contribution in [2.45, 2.75) is 13.3 Å². The van der Waals surface area contributed by atoms with Crippen molar-refractivity contribution < 1.29 is 4.74 Å². The standard InChI is InChI=1S/C9H12O.C2H4/c1-2-8-10-9-6-4-3-5-7-9;1-2/h3-7H,2,8H2,1H3;1-2H2. The highest BCUT2D eigenvalue weighted by atomic mass is 16.5. The van der Waals surface area contributed by atoms with E-state index < -0.39 is 0 Å². The third-order valence-corrected chi connectivity index (χ3v) is 1.22. The minimum atomic E-state index is 0.810. The monoisotopic (exact) mass is 164 g/mol. The van der Waals surface area contributed by atoms with Crippen molar-refractivity contribution >= 4 is 0 Å². The summed E-state index contributed by atoms with van der Waals surface area (Å²) in [7, 11) is 0. The number of hydrogen-bond donors (Lipinski definition) is 0. The van der Waals surface area contributed by atoms with Gasteiger partial charge in [-0.05, 0) is 18.6 Å². The van der Waals surface area contributed by atoms with E-state index in [0.717, 1.165) is 18.8 Å². The molecule has 1 heteroatoms. The van der Waals surface area contributed by atoms with E-state index in [-0.39, 0.29) is 0 Å². The largest absolute Gasteiger partial charge is 0.494 e. The highest BCUT2D eigenvalue weighted by Gasteiger charge is 1.86. The second-order valence-corrected chi connectivity index (χ2v) is 2.16. The van der Waals surface area contributed by atoms with Crippen LogP contribution in [0.25, 0.3) is 0 Å². The van der Waals surface area contributed by atoms with E-state index >= 15 is 0 Å². The molecule has 1 rings (SSSR count). The molecular weight excluding hydrogens is 148 g/mol. The van der Waals surface area contributed by atoms with Crippen LogP contribution in [0.5, 0.6) is 5.75 Å². The molecule has 0 atom stereocenters. The lowest BCUT2D eigenvalue weighted by Gasteiger charge is -2.01. The molecule has 0 aliphatic rings. The summed E-state index contributed by atoms with van der Waals surface area (Å²) in [5.41, 5.74) is 0. The summed E-state index contributed by atoms with van der Waals surface area (Å²) in [4.78, 5) is 0. The van der Waals surface area contributed by atoms with Gasteiger partial charge in [-0.3, -0.25) is 0 Å². The van der Waals surface area contributed by atoms with Crippen molar-refractivity contribution in [3.05, 3.63) is 43.5 Å². The summed E-state index contributed by atoms with van der Waals surface area (Å²) in [5.74, 6) is 0.962. The predicted molar refractivity (Wildman–Crippen MR) is 53.5 cm³/mol. The van der Waals surface area contributed by atoms with Crippen LogP contribution in [0.2, 0.25) is 0 Å². The molecule has 12 heavy (non-hydrogen) atoms. The number of hydrogen-bond acceptors (Lipinski definition) is 1. The van der Waals surface area contributed by atoms with E-state index in [2.05, 4.69) is 20.1 Å². The molecule has 0 spiro atoms. The van der Waals surface area contributed by atoms with Gasteiger partial charge >= 0.3 is 0 Å². The van der Waals surface area contributed by atoms with Gasteiger partial charge in [0.15, 0.2) is 0 Å². The van der Waals surface area contributed by atoms with Gasteiger partial charge in [-0.25, -0.2) is 0 Å². The third kappa shape index (κ3) is 4.56. The van der Waals surface area contributed by atoms with Crippen molar-refractivity contribution in [2.75, 3.05) is 6.61 Å². The molecule has 0 saturated heterocycles. The van der Waals surface area contributed by atoms with E-state index in [1.54, 1.807) is 0 Å². The van der Waals surface area contributed by atoms with Gasteiger partial charge in [-0.1, -0.05) is 25.1 Å². The van der Waals surface area contributed by atoms with Crippen LogP contribution in [-0.4, -0.2) is 6.61 Å². The van der Waals surface area contributed by atoms with Crippen molar-refractivity contribution in [1.29, 1.82) is 0 Å². The summed E-state index contributed by atoms with van der Waals surface area (Å²) in [6.07, 6.45) is 1.06. The molecule has 0 N–H and O–H groups in total. The smallest absolute Gasteiger partial charge is 0.119 e. The first-order chi connectivity index (χ1) is 5.93. The molecular formula is C11H16O. The molecule has 0 saturated carbocycles. The van der Waals surface area contributed by atoms with E-state index in [0.29, 0.717) is 0 Å². The Hall–Kier alpha value is -1.24. The maximum atomic E-state index is 5.36. The topological polar surface area (TPSA) is 9.23 Å². The molecule has 0 fully saturated rings. The second kappa shape index (κ2) is 7.86. The fraction of sp³-hybridized carbons (Fsp3) is 0.273. The van der Waals surface area contributed by atoms with E-state index in [9.17, 15) is 0 Å². The van der Waals surface area contributed by atoms with Crippen molar-refractivity contribution in [1.82, 2.24) is 0 Å². The maximum Gasteiger partial charge on any atom is 0.119 e. The summed E-state index contributed by atoms with van der Waals surface area (Å²) < 4.78 is 5.36. The van der Waals surface area contributed by atoms with Crippen LogP contribution < -0.4 is 4.74 Å². The van der Waals surface area contributed by atoms with Crippen molar-refractivity contribution in [3.8, 4) is 5.75 Å². The molecule has 1 nitrogen and oxygen atoms in total. The Morgan fingerprint density at radius 3 is 2.25 bits per heavy atom. The second-order valence-electron chi connectivity index (χ2n) is 2.16. The van der Waals surface area contributed by atoms with Crippen LogP contribution in [0.4, 0.5) is 0 Å². The Kier molecular flexibility index (Phi) is 7.05. The quantitative estimate of drug-likeness (QED) is 0.623. The molecule has 66 valence electrons. The molecule has 0 aliphatic heterocycles. The first kappa shape index (κ1) is 10.8. The molecule has 0 heterocycles. The fourth-order valence-electron chi connectivity index (χ4n) is 0.737. The van der Waals surface area contributed by atoms with Crippen molar-refractivity contribution in [2.24, 2.45) is 0 Å².